The maximum Gasteiger partial charge on any atom is 0.0541 e. The minimum absolute atomic E-state index is 0.105. The molecule has 4 rings (SSSR count). The summed E-state index contributed by atoms with van der Waals surface area (Å²) in [4.78, 5) is 2.84. The van der Waals surface area contributed by atoms with Gasteiger partial charge >= 0.3 is 0 Å². The van der Waals surface area contributed by atoms with E-state index in [1.165, 1.54) is 48.3 Å². The summed E-state index contributed by atoms with van der Waals surface area (Å²) >= 11 is 0. The lowest BCUT2D eigenvalue weighted by Gasteiger charge is -2.10. The van der Waals surface area contributed by atoms with Gasteiger partial charge in [-0.05, 0) is 107 Å². The second kappa shape index (κ2) is 19.5. The molecule has 4 aromatic rings. The number of benzene rings is 3. The zero-order valence-corrected chi connectivity index (χ0v) is 28.8. The zero-order valence-electron chi connectivity index (χ0n) is 28.0. The van der Waals surface area contributed by atoms with Gasteiger partial charge in [0.2, 0.25) is 0 Å². The number of nitrogens with zero attached hydrogens (tertiary/aromatic N) is 1. The van der Waals surface area contributed by atoms with E-state index >= 15 is 0 Å². The second-order valence-corrected chi connectivity index (χ2v) is 11.4. The van der Waals surface area contributed by atoms with Gasteiger partial charge in [0.1, 0.15) is 0 Å². The van der Waals surface area contributed by atoms with Gasteiger partial charge in [0, 0.05) is 21.4 Å². The molecule has 0 radical (unpaired) electrons. The molecule has 0 aliphatic rings. The summed E-state index contributed by atoms with van der Waals surface area (Å²) in [6.07, 6.45) is 14.6. The predicted octanol–water partition coefficient (Wildman–Crippen LogP) is 13.0. The Balaban J connectivity index is 0.000000392. The first-order valence-electron chi connectivity index (χ1n) is 15.2. The Hall–Kier alpha value is -3.62. The Morgan fingerprint density at radius 3 is 1.74 bits per heavy atom. The average Bonchev–Trinajstić information content (AvgIpc) is 3.32. The number of allylic oxidation sites excluding steroid dienone is 8. The van der Waals surface area contributed by atoms with Crippen LogP contribution in [0.3, 0.4) is 0 Å². The maximum absolute atomic E-state index is 4.00. The molecule has 0 spiro atoms. The smallest absolute Gasteiger partial charge is 0.0541 e. The lowest BCUT2D eigenvalue weighted by atomic mass is 10.1. The molecule has 1 heterocycles. The summed E-state index contributed by atoms with van der Waals surface area (Å²) in [6, 6.07) is 21.9. The van der Waals surface area contributed by atoms with E-state index in [1.807, 2.05) is 46.8 Å². The van der Waals surface area contributed by atoms with E-state index in [9.17, 15) is 0 Å². The molecule has 1 atom stereocenters. The molecular formula is C40H53NS. The van der Waals surface area contributed by atoms with Gasteiger partial charge in [-0.2, -0.15) is 0 Å². The summed E-state index contributed by atoms with van der Waals surface area (Å²) < 4.78 is 2.29. The average molecular weight is 580 g/mol. The molecule has 0 aliphatic heterocycles. The molecule has 2 heteroatoms. The van der Waals surface area contributed by atoms with Crippen LogP contribution in [0, 0.1) is 20.8 Å². The number of fused-ring (bicyclic) bond motifs is 3. The van der Waals surface area contributed by atoms with E-state index in [2.05, 4.69) is 149 Å². The van der Waals surface area contributed by atoms with Crippen LogP contribution in [0.15, 0.2) is 120 Å². The van der Waals surface area contributed by atoms with Gasteiger partial charge in [0.15, 0.2) is 0 Å². The highest BCUT2D eigenvalue weighted by molar-refractivity contribution is 8.18. The molecule has 3 aromatic carbocycles. The second-order valence-electron chi connectivity index (χ2n) is 9.38. The zero-order chi connectivity index (χ0) is 31.7. The van der Waals surface area contributed by atoms with Crippen LogP contribution in [0.2, 0.25) is 0 Å². The van der Waals surface area contributed by atoms with Crippen molar-refractivity contribution in [1.82, 2.24) is 4.57 Å². The van der Waals surface area contributed by atoms with Crippen LogP contribution in [-0.4, -0.2) is 9.43 Å². The number of aryl methyl sites for hydroxylation is 3. The van der Waals surface area contributed by atoms with Crippen molar-refractivity contribution in [3.8, 4) is 0 Å². The Bertz CT molecular complexity index is 1530. The van der Waals surface area contributed by atoms with Crippen molar-refractivity contribution < 1.29 is 0 Å². The third-order valence-corrected chi connectivity index (χ3v) is 8.66. The molecule has 1 aromatic heterocycles. The highest BCUT2D eigenvalue weighted by Gasteiger charge is 2.12. The Morgan fingerprint density at radius 1 is 0.738 bits per heavy atom. The van der Waals surface area contributed by atoms with Crippen molar-refractivity contribution in [3.05, 3.63) is 132 Å². The third-order valence-electron chi connectivity index (χ3n) is 6.35. The molecule has 1 unspecified atom stereocenters. The third kappa shape index (κ3) is 9.46. The molecular weight excluding hydrogens is 527 g/mol. The van der Waals surface area contributed by atoms with Crippen LogP contribution in [0.25, 0.3) is 27.5 Å². The van der Waals surface area contributed by atoms with E-state index in [4.69, 9.17) is 0 Å². The first kappa shape index (κ1) is 36.4. The molecule has 0 aliphatic carbocycles. The predicted molar refractivity (Wildman–Crippen MR) is 198 cm³/mol. The van der Waals surface area contributed by atoms with Crippen molar-refractivity contribution in [2.45, 2.75) is 81.1 Å². The van der Waals surface area contributed by atoms with E-state index in [-0.39, 0.29) is 10.5 Å². The number of aromatic nitrogens is 1. The molecule has 224 valence electrons. The monoisotopic (exact) mass is 579 g/mol. The Kier molecular flexibility index (Phi) is 16.9. The standard InChI is InChI=1S/C21H21N.C15H20S.2C2H6/c1-5-7-8-17(6-2)22-20-11-9-15(3)13-18(20)19-14-16(4)10-12-21(19)22;1-5-9-14(4)16(12-6-2)15-11-8-7-10-13(15)3;2*1-2/h5-14H,2H2,1,3-4H3;5-12H,1-4H3;2*1-2H3/b7-5-,17-8+;9-5-,12-6-;;. The van der Waals surface area contributed by atoms with E-state index < -0.39 is 0 Å². The van der Waals surface area contributed by atoms with Crippen molar-refractivity contribution in [1.29, 1.82) is 0 Å². The Labute approximate surface area is 259 Å². The maximum atomic E-state index is 4.00. The van der Waals surface area contributed by atoms with Crippen LogP contribution in [-0.2, 0) is 0 Å². The van der Waals surface area contributed by atoms with Gasteiger partial charge in [-0.25, -0.2) is 0 Å². The van der Waals surface area contributed by atoms with Gasteiger partial charge in [0.25, 0.3) is 0 Å². The highest BCUT2D eigenvalue weighted by Crippen LogP contribution is 2.34. The molecule has 0 saturated heterocycles. The number of hydrogen-bond donors (Lipinski definition) is 0. The fraction of sp³-hybridized carbons (Fsp3) is 0.275. The van der Waals surface area contributed by atoms with Crippen molar-refractivity contribution >= 4 is 42.9 Å². The van der Waals surface area contributed by atoms with Crippen LogP contribution < -0.4 is 0 Å². The minimum atomic E-state index is 0.105. The van der Waals surface area contributed by atoms with Crippen LogP contribution >= 0.6 is 10.5 Å². The van der Waals surface area contributed by atoms with Gasteiger partial charge in [-0.1, -0.05) is 106 Å². The van der Waals surface area contributed by atoms with Gasteiger partial charge < -0.3 is 4.57 Å². The first-order chi connectivity index (χ1) is 20.4. The van der Waals surface area contributed by atoms with Crippen LogP contribution in [0.5, 0.6) is 0 Å². The quantitative estimate of drug-likeness (QED) is 0.122. The Morgan fingerprint density at radius 2 is 1.29 bits per heavy atom. The number of rotatable bonds is 6. The molecule has 0 fully saturated rings. The van der Waals surface area contributed by atoms with Gasteiger partial charge in [-0.15, -0.1) is 10.5 Å². The van der Waals surface area contributed by atoms with Crippen LogP contribution in [0.4, 0.5) is 0 Å². The van der Waals surface area contributed by atoms with Gasteiger partial charge in [0.05, 0.1) is 11.0 Å². The van der Waals surface area contributed by atoms with E-state index in [1.54, 1.807) is 0 Å². The topological polar surface area (TPSA) is 4.93 Å². The van der Waals surface area contributed by atoms with Gasteiger partial charge in [-0.3, -0.25) is 0 Å². The summed E-state index contributed by atoms with van der Waals surface area (Å²) in [5.41, 5.74) is 7.47. The molecule has 0 N–H and O–H groups in total. The summed E-state index contributed by atoms with van der Waals surface area (Å²) in [6.45, 7) is 26.8. The fourth-order valence-corrected chi connectivity index (χ4v) is 6.46. The van der Waals surface area contributed by atoms with Crippen molar-refractivity contribution in [2.24, 2.45) is 0 Å². The van der Waals surface area contributed by atoms with Crippen molar-refractivity contribution in [3.63, 3.8) is 0 Å². The molecule has 0 amide bonds. The lowest BCUT2D eigenvalue weighted by molar-refractivity contribution is 1.23. The SMILES string of the molecule is C=C/C(=C\C=C/C)n1c2ccc(C)cc2c2cc(C)ccc21.CC.CC.C\C=C/C(C)=S(\C=C/C)c1ccccc1C. The lowest BCUT2D eigenvalue weighted by Crippen LogP contribution is -1.94. The minimum Gasteiger partial charge on any atom is -0.309 e. The van der Waals surface area contributed by atoms with Crippen molar-refractivity contribution in [2.75, 3.05) is 0 Å². The van der Waals surface area contributed by atoms with E-state index in [0.717, 1.165) is 5.70 Å². The normalized spacial score (nSPS) is 12.5. The van der Waals surface area contributed by atoms with E-state index in [0.29, 0.717) is 0 Å². The number of hydrogen-bond acceptors (Lipinski definition) is 0. The highest BCUT2D eigenvalue weighted by atomic mass is 32.2. The largest absolute Gasteiger partial charge is 0.309 e. The molecule has 0 saturated carbocycles. The summed E-state index contributed by atoms with van der Waals surface area (Å²) in [7, 11) is 0.105. The first-order valence-corrected chi connectivity index (χ1v) is 16.5. The summed E-state index contributed by atoms with van der Waals surface area (Å²) in [5.74, 6) is 0. The summed E-state index contributed by atoms with van der Waals surface area (Å²) in [5, 5.41) is 4.89. The fourth-order valence-electron chi connectivity index (χ4n) is 4.56. The molecule has 42 heavy (non-hydrogen) atoms. The van der Waals surface area contributed by atoms with Crippen LogP contribution in [0.1, 0.15) is 72.1 Å². The molecule has 1 nitrogen and oxygen atoms in total. The molecule has 0 bridgehead atoms.